The number of hydrogen-bond acceptors (Lipinski definition) is 8. The third kappa shape index (κ3) is 5.67. The highest BCUT2D eigenvalue weighted by Gasteiger charge is 2.28. The first-order valence-electron chi connectivity index (χ1n) is 12.6. The van der Waals surface area contributed by atoms with Crippen molar-refractivity contribution in [3.63, 3.8) is 0 Å². The number of rotatable bonds is 6. The Kier molecular flexibility index (Phi) is 7.49. The second kappa shape index (κ2) is 10.6. The van der Waals surface area contributed by atoms with Gasteiger partial charge in [-0.3, -0.25) is 0 Å². The minimum Gasteiger partial charge on any atom is -0.380 e. The molecule has 1 unspecified atom stereocenters. The number of benzene rings is 1. The van der Waals surface area contributed by atoms with Gasteiger partial charge in [-0.15, -0.1) is 11.8 Å². The molecule has 1 aromatic heterocycles. The molecule has 4 heterocycles. The molecule has 192 valence electrons. The molecule has 2 aromatic rings. The van der Waals surface area contributed by atoms with Gasteiger partial charge in [-0.05, 0) is 69.0 Å². The summed E-state index contributed by atoms with van der Waals surface area (Å²) in [6, 6.07) is 5.96. The summed E-state index contributed by atoms with van der Waals surface area (Å²) < 4.78 is 0. The molecule has 1 aromatic carbocycles. The first-order valence-corrected chi connectivity index (χ1v) is 14.3. The van der Waals surface area contributed by atoms with Crippen LogP contribution in [0.5, 0.6) is 0 Å². The van der Waals surface area contributed by atoms with E-state index in [2.05, 4.69) is 65.2 Å². The number of piperazine rings is 1. The number of nitrogens with zero attached hydrogens (tertiary/aromatic N) is 4. The van der Waals surface area contributed by atoms with Gasteiger partial charge >= 0.3 is 0 Å². The number of hydrogen-bond donors (Lipinski definition) is 3. The molecule has 0 amide bonds. The van der Waals surface area contributed by atoms with Crippen LogP contribution in [0.25, 0.3) is 11.3 Å². The topological polar surface area (TPSA) is 68.4 Å². The molecule has 0 saturated carbocycles. The Morgan fingerprint density at radius 3 is 2.81 bits per heavy atom. The summed E-state index contributed by atoms with van der Waals surface area (Å²) in [5.41, 5.74) is 6.27. The Morgan fingerprint density at radius 1 is 1.22 bits per heavy atom. The van der Waals surface area contributed by atoms with Crippen LogP contribution in [-0.2, 0) is 6.42 Å². The minimum absolute atomic E-state index is 0.239. The average molecular weight is 526 g/mol. The first-order chi connectivity index (χ1) is 17.3. The van der Waals surface area contributed by atoms with Crippen LogP contribution in [-0.4, -0.2) is 76.7 Å². The fourth-order valence-corrected chi connectivity index (χ4v) is 5.60. The summed E-state index contributed by atoms with van der Waals surface area (Å²) in [5, 5.41) is 11.7. The molecule has 0 bridgehead atoms. The van der Waals surface area contributed by atoms with Crippen LogP contribution in [0.4, 0.5) is 11.6 Å². The number of thioether (sulfide) groups is 1. The number of aromatic nitrogens is 2. The highest BCUT2D eigenvalue weighted by Crippen LogP contribution is 2.37. The number of anilines is 2. The van der Waals surface area contributed by atoms with Gasteiger partial charge in [-0.2, -0.15) is 0 Å². The molecular formula is C27H36ClN7S. The Morgan fingerprint density at radius 2 is 2.03 bits per heavy atom. The van der Waals surface area contributed by atoms with E-state index in [1.54, 1.807) is 11.8 Å². The molecule has 36 heavy (non-hydrogen) atoms. The van der Waals surface area contributed by atoms with Gasteiger partial charge in [-0.25, -0.2) is 9.97 Å². The van der Waals surface area contributed by atoms with Crippen molar-refractivity contribution in [3.8, 4) is 11.3 Å². The molecule has 1 saturated heterocycles. The monoisotopic (exact) mass is 525 g/mol. The van der Waals surface area contributed by atoms with Gasteiger partial charge in [0.25, 0.3) is 0 Å². The van der Waals surface area contributed by atoms with Gasteiger partial charge < -0.3 is 25.8 Å². The lowest BCUT2D eigenvalue weighted by atomic mass is 9.94. The van der Waals surface area contributed by atoms with Crippen molar-refractivity contribution in [3.05, 3.63) is 58.5 Å². The van der Waals surface area contributed by atoms with Gasteiger partial charge in [-0.1, -0.05) is 11.6 Å². The van der Waals surface area contributed by atoms with E-state index in [0.29, 0.717) is 11.0 Å². The van der Waals surface area contributed by atoms with E-state index in [0.717, 1.165) is 73.8 Å². The normalized spacial score (nSPS) is 21.8. The Hall–Kier alpha value is -2.26. The molecule has 1 fully saturated rings. The minimum atomic E-state index is -0.246. The number of halogens is 1. The second-order valence-corrected chi connectivity index (χ2v) is 11.9. The molecule has 5 rings (SSSR count). The van der Waals surface area contributed by atoms with Crippen LogP contribution in [0.3, 0.4) is 0 Å². The molecule has 0 spiro atoms. The molecule has 0 aliphatic carbocycles. The average Bonchev–Trinajstić information content (AvgIpc) is 3.01. The van der Waals surface area contributed by atoms with Gasteiger partial charge in [0.1, 0.15) is 0 Å². The van der Waals surface area contributed by atoms with Crippen molar-refractivity contribution in [2.45, 2.75) is 37.6 Å². The van der Waals surface area contributed by atoms with Crippen LogP contribution in [0.1, 0.15) is 25.8 Å². The molecule has 3 aliphatic heterocycles. The third-order valence-corrected chi connectivity index (χ3v) is 8.38. The fourth-order valence-electron chi connectivity index (χ4n) is 4.83. The smallest absolute Gasteiger partial charge is 0.227 e. The molecule has 3 N–H and O–H groups in total. The molecule has 1 atom stereocenters. The van der Waals surface area contributed by atoms with E-state index in [1.807, 2.05) is 24.4 Å². The quantitative estimate of drug-likeness (QED) is 0.503. The highest BCUT2D eigenvalue weighted by molar-refractivity contribution is 7.99. The lowest BCUT2D eigenvalue weighted by Crippen LogP contribution is -2.45. The largest absolute Gasteiger partial charge is 0.380 e. The Balaban J connectivity index is 1.37. The van der Waals surface area contributed by atoms with Crippen LogP contribution in [0, 0.1) is 0 Å². The molecule has 7 nitrogen and oxygen atoms in total. The summed E-state index contributed by atoms with van der Waals surface area (Å²) in [6.07, 6.45) is 10.4. The molecule has 3 aliphatic rings. The van der Waals surface area contributed by atoms with Crippen molar-refractivity contribution < 1.29 is 0 Å². The number of likely N-dealkylation sites (N-methyl/N-ethyl adjacent to an activating group) is 1. The van der Waals surface area contributed by atoms with Crippen molar-refractivity contribution in [2.24, 2.45) is 0 Å². The van der Waals surface area contributed by atoms with Gasteiger partial charge in [0.05, 0.1) is 16.6 Å². The SMILES string of the molecule is CSC1Cc2cnc(NC3=CC(CCN4CCN(C)CC4)=CNC3(C)C)nc2-c2ccc(Cl)cc2N1. The third-order valence-electron chi connectivity index (χ3n) is 7.29. The summed E-state index contributed by atoms with van der Waals surface area (Å²) in [7, 11) is 2.20. The van der Waals surface area contributed by atoms with E-state index in [9.17, 15) is 0 Å². The molecular weight excluding hydrogens is 490 g/mol. The Bertz CT molecular complexity index is 1170. The zero-order valence-corrected chi connectivity index (χ0v) is 23.1. The first kappa shape index (κ1) is 25.4. The zero-order valence-electron chi connectivity index (χ0n) is 21.6. The van der Waals surface area contributed by atoms with Gasteiger partial charge in [0.2, 0.25) is 5.95 Å². The number of fused-ring (bicyclic) bond motifs is 3. The van der Waals surface area contributed by atoms with Crippen molar-refractivity contribution in [1.82, 2.24) is 25.1 Å². The van der Waals surface area contributed by atoms with E-state index in [1.165, 1.54) is 5.57 Å². The predicted molar refractivity (Wildman–Crippen MR) is 153 cm³/mol. The van der Waals surface area contributed by atoms with Crippen LogP contribution in [0.2, 0.25) is 5.02 Å². The van der Waals surface area contributed by atoms with E-state index < -0.39 is 0 Å². The van der Waals surface area contributed by atoms with E-state index >= 15 is 0 Å². The second-order valence-electron chi connectivity index (χ2n) is 10.4. The summed E-state index contributed by atoms with van der Waals surface area (Å²) in [5.74, 6) is 0.610. The summed E-state index contributed by atoms with van der Waals surface area (Å²) >= 11 is 8.10. The molecule has 0 radical (unpaired) electrons. The predicted octanol–water partition coefficient (Wildman–Crippen LogP) is 4.65. The maximum Gasteiger partial charge on any atom is 0.227 e. The van der Waals surface area contributed by atoms with Gasteiger partial charge in [0.15, 0.2) is 0 Å². The fraction of sp³-hybridized carbons (Fsp3) is 0.481. The van der Waals surface area contributed by atoms with Crippen LogP contribution >= 0.6 is 23.4 Å². The summed E-state index contributed by atoms with van der Waals surface area (Å²) in [4.78, 5) is 14.7. The van der Waals surface area contributed by atoms with Crippen LogP contribution < -0.4 is 16.0 Å². The number of dihydropyridines is 1. The summed E-state index contributed by atoms with van der Waals surface area (Å²) in [6.45, 7) is 9.99. The lowest BCUT2D eigenvalue weighted by Gasteiger charge is -2.34. The zero-order chi connectivity index (χ0) is 25.3. The Labute approximate surface area is 223 Å². The maximum absolute atomic E-state index is 6.32. The number of nitrogens with one attached hydrogen (secondary N) is 3. The maximum atomic E-state index is 6.32. The molecule has 9 heteroatoms. The van der Waals surface area contributed by atoms with Gasteiger partial charge in [0, 0.05) is 73.5 Å². The standard InChI is InChI=1S/C27H36ClN7S/c1-27(2)23(13-18(16-30-27)7-8-35-11-9-34(3)10-12-35)32-26-29-17-19-14-24(36-4)31-22-15-20(28)5-6-21(22)25(19)33-26/h5-6,13,15-17,24,30-31H,7-12,14H2,1-4H3,(H,29,32,33). The van der Waals surface area contributed by atoms with Crippen molar-refractivity contribution >= 4 is 35.0 Å². The number of allylic oxidation sites excluding steroid dienone is 1. The highest BCUT2D eigenvalue weighted by atomic mass is 35.5. The van der Waals surface area contributed by atoms with E-state index in [-0.39, 0.29) is 10.9 Å². The van der Waals surface area contributed by atoms with E-state index in [4.69, 9.17) is 21.6 Å². The van der Waals surface area contributed by atoms with Crippen LogP contribution in [0.15, 0.2) is 47.9 Å². The van der Waals surface area contributed by atoms with Crippen molar-refractivity contribution in [1.29, 1.82) is 0 Å². The van der Waals surface area contributed by atoms with Crippen molar-refractivity contribution in [2.75, 3.05) is 56.7 Å². The lowest BCUT2D eigenvalue weighted by molar-refractivity contribution is 0.155.